The average Bonchev–Trinajstić information content (AvgIpc) is 3.60. The molecule has 4 aliphatic heterocycles. The lowest BCUT2D eigenvalue weighted by atomic mass is 9.90. The summed E-state index contributed by atoms with van der Waals surface area (Å²) in [5.41, 5.74) is 0. The van der Waals surface area contributed by atoms with Crippen molar-refractivity contribution >= 4 is 0 Å². The summed E-state index contributed by atoms with van der Waals surface area (Å²) in [6.07, 6.45) is 16.5. The largest absolute Gasteiger partial charge is 0.375 e. The van der Waals surface area contributed by atoms with Gasteiger partial charge in [0.15, 0.2) is 0 Å². The molecule has 37 heavy (non-hydrogen) atoms. The van der Waals surface area contributed by atoms with Crippen molar-refractivity contribution in [2.45, 2.75) is 185 Å². The van der Waals surface area contributed by atoms with Crippen molar-refractivity contribution in [3.05, 3.63) is 12.2 Å². The van der Waals surface area contributed by atoms with Gasteiger partial charge in [-0.15, -0.1) is 0 Å². The van der Waals surface area contributed by atoms with Crippen molar-refractivity contribution in [1.82, 2.24) is 0 Å². The van der Waals surface area contributed by atoms with Crippen LogP contribution >= 0.6 is 0 Å². The van der Waals surface area contributed by atoms with Crippen LogP contribution in [0.3, 0.4) is 0 Å². The van der Waals surface area contributed by atoms with Crippen LogP contribution in [-0.2, 0) is 18.9 Å². The highest BCUT2D eigenvalue weighted by Crippen LogP contribution is 2.33. The number of ether oxygens (including phenoxy) is 4. The number of rotatable bonds is 4. The SMILES string of the molecule is C.C.CC[C@@H]1C=C[C@H](C)O1.CC[C@@H]1CC[C@H](C)O1.CC[C@H]1O[C@@H](C)C(C)[C@H]1C.CC[C@H]1O[C@@H](C)C[C@H]1C. The minimum atomic E-state index is 0. The molecule has 3 fully saturated rings. The Labute approximate surface area is 233 Å². The van der Waals surface area contributed by atoms with Crippen LogP contribution in [-0.4, -0.2) is 48.8 Å². The molecule has 4 heterocycles. The molecule has 0 saturated carbocycles. The molecule has 4 aliphatic rings. The van der Waals surface area contributed by atoms with Crippen LogP contribution in [0.4, 0.5) is 0 Å². The number of hydrogen-bond donors (Lipinski definition) is 0. The van der Waals surface area contributed by atoms with Gasteiger partial charge in [0, 0.05) is 0 Å². The van der Waals surface area contributed by atoms with Crippen LogP contribution < -0.4 is 0 Å². The minimum absolute atomic E-state index is 0. The fourth-order valence-corrected chi connectivity index (χ4v) is 5.48. The quantitative estimate of drug-likeness (QED) is 0.340. The second-order valence-corrected chi connectivity index (χ2v) is 11.3. The summed E-state index contributed by atoms with van der Waals surface area (Å²) in [4.78, 5) is 0. The topological polar surface area (TPSA) is 36.9 Å². The van der Waals surface area contributed by atoms with E-state index in [4.69, 9.17) is 18.9 Å². The van der Waals surface area contributed by atoms with Gasteiger partial charge < -0.3 is 18.9 Å². The summed E-state index contributed by atoms with van der Waals surface area (Å²) in [5, 5.41) is 0. The average molecular weight is 529 g/mol. The molecule has 11 atom stereocenters. The molecule has 224 valence electrons. The molecular weight excluding hydrogens is 460 g/mol. The zero-order chi connectivity index (χ0) is 26.5. The first-order valence-corrected chi connectivity index (χ1v) is 14.9. The molecule has 4 heteroatoms. The highest BCUT2D eigenvalue weighted by atomic mass is 16.5. The van der Waals surface area contributed by atoms with E-state index in [-0.39, 0.29) is 14.9 Å². The molecule has 0 N–H and O–H groups in total. The molecule has 0 spiro atoms. The van der Waals surface area contributed by atoms with E-state index in [0.717, 1.165) is 30.6 Å². The summed E-state index contributed by atoms with van der Waals surface area (Å²) in [6.45, 7) is 24.1. The van der Waals surface area contributed by atoms with Crippen molar-refractivity contribution in [1.29, 1.82) is 0 Å². The fourth-order valence-electron chi connectivity index (χ4n) is 5.48. The van der Waals surface area contributed by atoms with E-state index >= 15 is 0 Å². The first-order valence-electron chi connectivity index (χ1n) is 14.9. The van der Waals surface area contributed by atoms with Crippen LogP contribution in [0, 0.1) is 17.8 Å². The molecule has 0 aromatic carbocycles. The van der Waals surface area contributed by atoms with E-state index in [9.17, 15) is 0 Å². The van der Waals surface area contributed by atoms with E-state index in [1.165, 1.54) is 32.1 Å². The third kappa shape index (κ3) is 14.0. The predicted octanol–water partition coefficient (Wildman–Crippen LogP) is 9.64. The number of hydrogen-bond acceptors (Lipinski definition) is 4. The van der Waals surface area contributed by atoms with Gasteiger partial charge in [0.1, 0.15) is 0 Å². The lowest BCUT2D eigenvalue weighted by Crippen LogP contribution is -2.14. The van der Waals surface area contributed by atoms with Crippen molar-refractivity contribution in [3.8, 4) is 0 Å². The van der Waals surface area contributed by atoms with Gasteiger partial charge in [-0.1, -0.05) is 75.5 Å². The molecule has 1 unspecified atom stereocenters. The molecule has 0 bridgehead atoms. The van der Waals surface area contributed by atoms with Gasteiger partial charge in [0.2, 0.25) is 0 Å². The Kier molecular flexibility index (Phi) is 21.4. The Morgan fingerprint density at radius 2 is 1.22 bits per heavy atom. The standard InChI is InChI=1S/C9H18O.C8H16O.C7H14O.C7H12O.2CH4/c1-5-9-7(3)6(2)8(4)10-9;1-4-8-6(2)5-7(3)9-8;2*1-3-7-5-4-6(2)8-7;;/h6-9H,5H2,1-4H3;6-8H,4-5H2,1-3H3;6-7H,3-5H2,1-2H3;4-7H,3H2,1-2H3;2*1H4/t6?,7-,8+,9-;6-,7+,8-;2*6-,7+;;/m1100../s1. The van der Waals surface area contributed by atoms with Gasteiger partial charge in [-0.05, 0) is 90.4 Å². The van der Waals surface area contributed by atoms with E-state index in [1.54, 1.807) is 0 Å². The lowest BCUT2D eigenvalue weighted by Gasteiger charge is -2.12. The van der Waals surface area contributed by atoms with Crippen LogP contribution in [0.2, 0.25) is 0 Å². The highest BCUT2D eigenvalue weighted by Gasteiger charge is 2.34. The normalized spacial score (nSPS) is 39.7. The van der Waals surface area contributed by atoms with Gasteiger partial charge in [-0.2, -0.15) is 0 Å². The molecule has 0 aliphatic carbocycles. The Morgan fingerprint density at radius 1 is 0.595 bits per heavy atom. The van der Waals surface area contributed by atoms with E-state index < -0.39 is 0 Å². The Bertz CT molecular complexity index is 565. The molecule has 4 nitrogen and oxygen atoms in total. The van der Waals surface area contributed by atoms with E-state index in [2.05, 4.69) is 88.3 Å². The Hall–Kier alpha value is -0.420. The molecular formula is C33H68O4. The van der Waals surface area contributed by atoms with Gasteiger partial charge in [-0.3, -0.25) is 0 Å². The first-order chi connectivity index (χ1) is 16.6. The predicted molar refractivity (Wildman–Crippen MR) is 162 cm³/mol. The maximum atomic E-state index is 5.73. The second kappa shape index (κ2) is 20.5. The fraction of sp³-hybridized carbons (Fsp3) is 0.939. The third-order valence-corrected chi connectivity index (χ3v) is 8.26. The van der Waals surface area contributed by atoms with E-state index in [1.807, 2.05) is 0 Å². The molecule has 4 rings (SSSR count). The van der Waals surface area contributed by atoms with Crippen LogP contribution in [0.1, 0.15) is 136 Å². The van der Waals surface area contributed by atoms with Crippen molar-refractivity contribution in [2.75, 3.05) is 0 Å². The van der Waals surface area contributed by atoms with Crippen molar-refractivity contribution in [2.24, 2.45) is 17.8 Å². The van der Waals surface area contributed by atoms with Crippen molar-refractivity contribution in [3.63, 3.8) is 0 Å². The van der Waals surface area contributed by atoms with Gasteiger partial charge in [0.05, 0.1) is 48.8 Å². The maximum Gasteiger partial charge on any atom is 0.0762 e. The third-order valence-electron chi connectivity index (χ3n) is 8.26. The monoisotopic (exact) mass is 529 g/mol. The van der Waals surface area contributed by atoms with Gasteiger partial charge >= 0.3 is 0 Å². The summed E-state index contributed by atoms with van der Waals surface area (Å²) >= 11 is 0. The zero-order valence-electron chi connectivity index (χ0n) is 25.1. The molecule has 0 aromatic heterocycles. The molecule has 0 amide bonds. The molecule has 3 saturated heterocycles. The molecule has 0 radical (unpaired) electrons. The van der Waals surface area contributed by atoms with Crippen LogP contribution in [0.5, 0.6) is 0 Å². The summed E-state index contributed by atoms with van der Waals surface area (Å²) in [7, 11) is 0. The zero-order valence-corrected chi connectivity index (χ0v) is 25.1. The highest BCUT2D eigenvalue weighted by molar-refractivity contribution is 4.99. The second-order valence-electron chi connectivity index (χ2n) is 11.3. The first kappa shape index (κ1) is 38.7. The van der Waals surface area contributed by atoms with Crippen molar-refractivity contribution < 1.29 is 18.9 Å². The van der Waals surface area contributed by atoms with E-state index in [0.29, 0.717) is 48.8 Å². The van der Waals surface area contributed by atoms with Crippen LogP contribution in [0.15, 0.2) is 12.2 Å². The minimum Gasteiger partial charge on any atom is -0.375 e. The smallest absolute Gasteiger partial charge is 0.0762 e. The summed E-state index contributed by atoms with van der Waals surface area (Å²) in [6, 6.07) is 0. The van der Waals surface area contributed by atoms with Gasteiger partial charge in [0.25, 0.3) is 0 Å². The molecule has 0 aromatic rings. The Balaban J connectivity index is 0. The maximum absolute atomic E-state index is 5.73. The van der Waals surface area contributed by atoms with Crippen LogP contribution in [0.25, 0.3) is 0 Å². The Morgan fingerprint density at radius 3 is 1.43 bits per heavy atom. The lowest BCUT2D eigenvalue weighted by molar-refractivity contribution is 0.0393. The van der Waals surface area contributed by atoms with Gasteiger partial charge in [-0.25, -0.2) is 0 Å². The summed E-state index contributed by atoms with van der Waals surface area (Å²) in [5.74, 6) is 2.27. The summed E-state index contributed by atoms with van der Waals surface area (Å²) < 4.78 is 22.3.